The predicted molar refractivity (Wildman–Crippen MR) is 182 cm³/mol. The molecule has 2 amide bonds. The molecular formula is C33H56N2O11S. The molecule has 0 saturated heterocycles. The van der Waals surface area contributed by atoms with Crippen molar-refractivity contribution in [2.45, 2.75) is 73.0 Å². The Hall–Kier alpha value is -3.59. The summed E-state index contributed by atoms with van der Waals surface area (Å²) in [5, 5.41) is 23.2. The van der Waals surface area contributed by atoms with Crippen molar-refractivity contribution >= 4 is 22.3 Å². The van der Waals surface area contributed by atoms with Crippen molar-refractivity contribution < 1.29 is 51.4 Å². The van der Waals surface area contributed by atoms with E-state index in [0.29, 0.717) is 32.7 Å². The summed E-state index contributed by atoms with van der Waals surface area (Å²) in [5.41, 5.74) is 1.20. The van der Waals surface area contributed by atoms with Gasteiger partial charge < -0.3 is 39.8 Å². The van der Waals surface area contributed by atoms with Crippen molar-refractivity contribution in [2.75, 3.05) is 52.9 Å². The standard InChI is InChI=1S/C15H23NO4.C13H19NO3.C4H10O4S.CH4/c1-15(2,3)20-14(18)16-9-8-12-4-6-13(7-5-12)19-11-10-17;1-13(2,3)17-12(16)14-9-8-10-4-6-11(15)7-5-10;1-7-3-4-8-9(2,5)6;/h4-7,17H,8-11H2,1-3H3,(H,16,18);4-7,15H,8-9H2,1-3H3,(H,14,16);3-4H2,1-2H3;1H4. The van der Waals surface area contributed by atoms with Gasteiger partial charge in [-0.2, -0.15) is 8.42 Å². The summed E-state index contributed by atoms with van der Waals surface area (Å²) in [6.07, 6.45) is 1.62. The topological polar surface area (TPSA) is 179 Å². The first-order chi connectivity index (χ1) is 21.3. The minimum Gasteiger partial charge on any atom is -0.508 e. The van der Waals surface area contributed by atoms with E-state index in [4.69, 9.17) is 24.4 Å². The summed E-state index contributed by atoms with van der Waals surface area (Å²) in [4.78, 5) is 22.8. The summed E-state index contributed by atoms with van der Waals surface area (Å²) in [6, 6.07) is 14.5. The van der Waals surface area contributed by atoms with Crippen molar-refractivity contribution in [3.63, 3.8) is 0 Å². The molecule has 0 saturated carbocycles. The fourth-order valence-corrected chi connectivity index (χ4v) is 3.46. The molecule has 0 atom stereocenters. The third-order valence-electron chi connectivity index (χ3n) is 4.97. The molecule has 0 heterocycles. The predicted octanol–water partition coefficient (Wildman–Crippen LogP) is 4.83. The van der Waals surface area contributed by atoms with Gasteiger partial charge in [-0.1, -0.05) is 31.7 Å². The van der Waals surface area contributed by atoms with Crippen molar-refractivity contribution in [3.05, 3.63) is 59.7 Å². The number of hydrogen-bond acceptors (Lipinski definition) is 11. The highest BCUT2D eigenvalue weighted by Gasteiger charge is 2.16. The molecule has 0 spiro atoms. The van der Waals surface area contributed by atoms with Gasteiger partial charge in [-0.25, -0.2) is 9.59 Å². The molecular weight excluding hydrogens is 632 g/mol. The van der Waals surface area contributed by atoms with Gasteiger partial charge in [-0.3, -0.25) is 4.18 Å². The largest absolute Gasteiger partial charge is 0.508 e. The van der Waals surface area contributed by atoms with Crippen molar-refractivity contribution in [3.8, 4) is 11.5 Å². The van der Waals surface area contributed by atoms with Crippen LogP contribution in [0.3, 0.4) is 0 Å². The molecule has 2 aromatic carbocycles. The molecule has 2 aromatic rings. The number of phenolic OH excluding ortho intramolecular Hbond substituents is 1. The number of benzene rings is 2. The van der Waals surface area contributed by atoms with Gasteiger partial charge in [0, 0.05) is 20.2 Å². The highest BCUT2D eigenvalue weighted by Crippen LogP contribution is 2.13. The van der Waals surface area contributed by atoms with E-state index in [2.05, 4.69) is 19.6 Å². The molecule has 14 heteroatoms. The van der Waals surface area contributed by atoms with Gasteiger partial charge in [0.15, 0.2) is 0 Å². The number of methoxy groups -OCH3 is 1. The van der Waals surface area contributed by atoms with Crippen LogP contribution in [0.2, 0.25) is 0 Å². The number of ether oxygens (including phenoxy) is 4. The lowest BCUT2D eigenvalue weighted by Gasteiger charge is -2.19. The Morgan fingerprint density at radius 1 is 0.745 bits per heavy atom. The Morgan fingerprint density at radius 3 is 1.53 bits per heavy atom. The minimum atomic E-state index is -3.28. The van der Waals surface area contributed by atoms with Crippen LogP contribution in [0.4, 0.5) is 9.59 Å². The number of carbonyl (C=O) groups excluding carboxylic acids is 2. The number of carbonyl (C=O) groups is 2. The fourth-order valence-electron chi connectivity index (χ4n) is 3.09. The van der Waals surface area contributed by atoms with Crippen molar-refractivity contribution in [1.82, 2.24) is 10.6 Å². The number of aromatic hydroxyl groups is 1. The lowest BCUT2D eigenvalue weighted by Crippen LogP contribution is -2.33. The van der Waals surface area contributed by atoms with Crippen LogP contribution in [-0.2, 0) is 41.4 Å². The zero-order valence-corrected chi connectivity index (χ0v) is 29.1. The molecule has 0 aromatic heterocycles. The summed E-state index contributed by atoms with van der Waals surface area (Å²) in [5.74, 6) is 0.969. The van der Waals surface area contributed by atoms with Crippen LogP contribution < -0.4 is 15.4 Å². The maximum Gasteiger partial charge on any atom is 0.407 e. The summed E-state index contributed by atoms with van der Waals surface area (Å²) < 4.78 is 44.8. The third-order valence-corrected chi connectivity index (χ3v) is 5.56. The number of rotatable bonds is 13. The molecule has 0 aliphatic rings. The third kappa shape index (κ3) is 29.6. The van der Waals surface area contributed by atoms with Gasteiger partial charge in [-0.05, 0) is 89.8 Å². The van der Waals surface area contributed by atoms with Gasteiger partial charge in [0.1, 0.15) is 29.3 Å². The number of aliphatic hydroxyl groups excluding tert-OH is 1. The van der Waals surface area contributed by atoms with Crippen LogP contribution in [-0.4, -0.2) is 94.9 Å². The van der Waals surface area contributed by atoms with Gasteiger partial charge in [0.2, 0.25) is 0 Å². The second kappa shape index (κ2) is 23.7. The second-order valence-corrected chi connectivity index (χ2v) is 13.4. The highest BCUT2D eigenvalue weighted by molar-refractivity contribution is 7.85. The number of nitrogens with one attached hydrogen (secondary N) is 2. The molecule has 0 fully saturated rings. The summed E-state index contributed by atoms with van der Waals surface area (Å²) in [6.45, 7) is 12.7. The first-order valence-corrected chi connectivity index (χ1v) is 16.5. The zero-order chi connectivity index (χ0) is 35.2. The molecule has 4 N–H and O–H groups in total. The van der Waals surface area contributed by atoms with Gasteiger partial charge in [0.05, 0.1) is 26.1 Å². The maximum atomic E-state index is 11.4. The van der Waals surface area contributed by atoms with Gasteiger partial charge >= 0.3 is 12.2 Å². The lowest BCUT2D eigenvalue weighted by molar-refractivity contribution is 0.0517. The lowest BCUT2D eigenvalue weighted by atomic mass is 10.1. The number of amides is 2. The van der Waals surface area contributed by atoms with Crippen LogP contribution in [0.15, 0.2) is 48.5 Å². The van der Waals surface area contributed by atoms with Crippen LogP contribution >= 0.6 is 0 Å². The van der Waals surface area contributed by atoms with E-state index >= 15 is 0 Å². The average Bonchev–Trinajstić information content (AvgIpc) is 2.92. The molecule has 13 nitrogen and oxygen atoms in total. The quantitative estimate of drug-likeness (QED) is 0.167. The number of aliphatic hydroxyl groups is 1. The smallest absolute Gasteiger partial charge is 0.407 e. The Morgan fingerprint density at radius 2 is 1.17 bits per heavy atom. The fraction of sp³-hybridized carbons (Fsp3) is 0.576. The Labute approximate surface area is 281 Å². The molecule has 0 aliphatic carbocycles. The van der Waals surface area contributed by atoms with E-state index in [9.17, 15) is 18.0 Å². The zero-order valence-electron chi connectivity index (χ0n) is 28.3. The Balaban J connectivity index is 0. The molecule has 2 rings (SSSR count). The summed E-state index contributed by atoms with van der Waals surface area (Å²) in [7, 11) is -1.80. The van der Waals surface area contributed by atoms with Gasteiger partial charge in [0.25, 0.3) is 10.1 Å². The molecule has 0 unspecified atom stereocenters. The maximum absolute atomic E-state index is 11.4. The SMILES string of the molecule is C.CC(C)(C)OC(=O)NCCc1ccc(O)cc1.CC(C)(C)OC(=O)NCCc1ccc(OCCO)cc1.COCCOS(C)(=O)=O. The molecule has 47 heavy (non-hydrogen) atoms. The van der Waals surface area contributed by atoms with Crippen LogP contribution in [0, 0.1) is 0 Å². The Bertz CT molecular complexity index is 1220. The van der Waals surface area contributed by atoms with E-state index in [1.165, 1.54) is 7.11 Å². The van der Waals surface area contributed by atoms with Crippen LogP contribution in [0.5, 0.6) is 11.5 Å². The van der Waals surface area contributed by atoms with E-state index in [-0.39, 0.29) is 26.4 Å². The number of phenols is 1. The highest BCUT2D eigenvalue weighted by atomic mass is 32.2. The van der Waals surface area contributed by atoms with E-state index in [1.807, 2.05) is 77.9 Å². The van der Waals surface area contributed by atoms with E-state index in [0.717, 1.165) is 29.6 Å². The van der Waals surface area contributed by atoms with Crippen molar-refractivity contribution in [2.24, 2.45) is 0 Å². The monoisotopic (exact) mass is 688 g/mol. The summed E-state index contributed by atoms with van der Waals surface area (Å²) >= 11 is 0. The minimum absolute atomic E-state index is 0. The first kappa shape index (κ1) is 45.5. The van der Waals surface area contributed by atoms with E-state index < -0.39 is 33.5 Å². The molecule has 270 valence electrons. The van der Waals surface area contributed by atoms with Crippen LogP contribution in [0.25, 0.3) is 0 Å². The molecule has 0 aliphatic heterocycles. The first-order valence-electron chi connectivity index (χ1n) is 14.7. The average molecular weight is 689 g/mol. The Kier molecular flexibility index (Phi) is 22.9. The van der Waals surface area contributed by atoms with E-state index in [1.54, 1.807) is 12.1 Å². The van der Waals surface area contributed by atoms with Crippen LogP contribution in [0.1, 0.15) is 60.1 Å². The van der Waals surface area contributed by atoms with Gasteiger partial charge in [-0.15, -0.1) is 0 Å². The number of hydrogen-bond donors (Lipinski definition) is 4. The second-order valence-electron chi connectivity index (χ2n) is 11.8. The number of alkyl carbamates (subject to hydrolysis) is 2. The molecule has 0 bridgehead atoms. The normalized spacial score (nSPS) is 10.9. The molecule has 0 radical (unpaired) electrons. The van der Waals surface area contributed by atoms with Crippen molar-refractivity contribution in [1.29, 1.82) is 0 Å².